The number of hydrogen-bond acceptors (Lipinski definition) is 3. The third-order valence-corrected chi connectivity index (χ3v) is 9.64. The maximum atomic E-state index is 13.8. The molecule has 1 aliphatic heterocycles. The molecule has 1 N–H and O–H groups in total. The molecule has 354 valence electrons. The van der Waals surface area contributed by atoms with Crippen LogP contribution in [0.25, 0.3) is 0 Å². The van der Waals surface area contributed by atoms with Crippen LogP contribution in [0.1, 0.15) is 215 Å². The highest BCUT2D eigenvalue weighted by Gasteiger charge is 2.28. The maximum absolute atomic E-state index is 13.8. The smallest absolute Gasteiger partial charge is 0.283 e. The summed E-state index contributed by atoms with van der Waals surface area (Å²) in [6, 6.07) is 4.48. The van der Waals surface area contributed by atoms with Gasteiger partial charge in [0.1, 0.15) is 0 Å². The van der Waals surface area contributed by atoms with Gasteiger partial charge in [0, 0.05) is 33.6 Å². The predicted molar refractivity (Wildman–Crippen MR) is 278 cm³/mol. The monoisotopic (exact) mass is 893 g/mol. The molecule has 0 fully saturated rings. The van der Waals surface area contributed by atoms with Crippen LogP contribution in [0.3, 0.4) is 0 Å². The lowest BCUT2D eigenvalue weighted by Crippen LogP contribution is -2.36. The van der Waals surface area contributed by atoms with Crippen molar-refractivity contribution in [2.24, 2.45) is 5.92 Å². The summed E-state index contributed by atoms with van der Waals surface area (Å²) < 4.78 is 27.6. The molecular formula is C53H95F2N2O2PS. The maximum Gasteiger partial charge on any atom is 0.283 e. The molecule has 0 aliphatic carbocycles. The van der Waals surface area contributed by atoms with E-state index in [4.69, 9.17) is 0 Å². The molecule has 1 aromatic carbocycles. The molecule has 61 heavy (non-hydrogen) atoms. The van der Waals surface area contributed by atoms with Crippen LogP contribution in [-0.4, -0.2) is 23.3 Å². The van der Waals surface area contributed by atoms with Gasteiger partial charge in [-0.05, 0) is 89.6 Å². The zero-order valence-electron chi connectivity index (χ0n) is 43.1. The SMILES string of the molecule is C/C=C(\C)C(=O)N1CCc2c(C(=O)Nc3cc(CC)cc(C(F)(F)P)c3)csc2C1.C/C=C\C=C/C(C)=C(C)C.CC.CC.CCC.CCC.CCC.CCCC(C)CCC. The van der Waals surface area contributed by atoms with Gasteiger partial charge in [0.2, 0.25) is 5.91 Å². The van der Waals surface area contributed by atoms with Gasteiger partial charge in [0.05, 0.1) is 12.1 Å². The van der Waals surface area contributed by atoms with Gasteiger partial charge in [0.25, 0.3) is 11.6 Å². The van der Waals surface area contributed by atoms with Crippen LogP contribution in [0, 0.1) is 5.92 Å². The predicted octanol–water partition coefficient (Wildman–Crippen LogP) is 18.3. The van der Waals surface area contributed by atoms with Crippen LogP contribution in [0.2, 0.25) is 0 Å². The summed E-state index contributed by atoms with van der Waals surface area (Å²) in [5.41, 5.74) is 2.77. The van der Waals surface area contributed by atoms with E-state index in [9.17, 15) is 18.4 Å². The number of alkyl halides is 2. The van der Waals surface area contributed by atoms with Crippen molar-refractivity contribution in [1.82, 2.24) is 4.90 Å². The first-order valence-corrected chi connectivity index (χ1v) is 24.9. The van der Waals surface area contributed by atoms with Crippen LogP contribution in [0.4, 0.5) is 14.5 Å². The van der Waals surface area contributed by atoms with Gasteiger partial charge in [-0.25, -0.2) is 0 Å². The highest BCUT2D eigenvalue weighted by molar-refractivity contribution is 7.17. The van der Waals surface area contributed by atoms with Crippen molar-refractivity contribution in [3.63, 3.8) is 0 Å². The van der Waals surface area contributed by atoms with Gasteiger partial charge in [-0.2, -0.15) is 8.78 Å². The van der Waals surface area contributed by atoms with E-state index in [1.165, 1.54) is 88.8 Å². The van der Waals surface area contributed by atoms with E-state index in [0.717, 1.165) is 21.9 Å². The molecule has 2 aromatic rings. The number of amides is 2. The van der Waals surface area contributed by atoms with E-state index in [-0.39, 0.29) is 17.4 Å². The number of hydrogen-bond donors (Lipinski definition) is 1. The molecule has 0 saturated carbocycles. The van der Waals surface area contributed by atoms with Crippen LogP contribution in [-0.2, 0) is 29.8 Å². The summed E-state index contributed by atoms with van der Waals surface area (Å²) in [5, 5.41) is 4.56. The number of aryl methyl sites for hydroxylation is 1. The average Bonchev–Trinajstić information content (AvgIpc) is 3.66. The lowest BCUT2D eigenvalue weighted by atomic mass is 10.0. The molecule has 0 spiro atoms. The Morgan fingerprint density at radius 3 is 1.77 bits per heavy atom. The summed E-state index contributed by atoms with van der Waals surface area (Å²) in [4.78, 5) is 28.1. The van der Waals surface area contributed by atoms with E-state index in [2.05, 4.69) is 101 Å². The minimum absolute atomic E-state index is 0.00447. The first-order chi connectivity index (χ1) is 28.9. The van der Waals surface area contributed by atoms with Crippen LogP contribution < -0.4 is 5.32 Å². The zero-order valence-corrected chi connectivity index (χ0v) is 45.0. The molecule has 4 nitrogen and oxygen atoms in total. The van der Waals surface area contributed by atoms with Crippen molar-refractivity contribution in [1.29, 1.82) is 0 Å². The topological polar surface area (TPSA) is 49.4 Å². The number of fused-ring (bicyclic) bond motifs is 1. The van der Waals surface area contributed by atoms with Crippen LogP contribution in [0.15, 0.2) is 70.7 Å². The summed E-state index contributed by atoms with van der Waals surface area (Å²) in [6.07, 6.45) is 20.5. The molecule has 1 atom stereocenters. The number of thiophene rings is 1. The molecule has 2 amide bonds. The molecule has 2 heterocycles. The lowest BCUT2D eigenvalue weighted by Gasteiger charge is -2.27. The first-order valence-electron chi connectivity index (χ1n) is 23.4. The summed E-state index contributed by atoms with van der Waals surface area (Å²) in [6.45, 7) is 42.5. The molecule has 0 saturated heterocycles. The Bertz CT molecular complexity index is 1490. The molecule has 8 heteroatoms. The minimum atomic E-state index is -3.06. The number of carbonyl (C=O) groups is 2. The van der Waals surface area contributed by atoms with Crippen molar-refractivity contribution < 1.29 is 18.4 Å². The van der Waals surface area contributed by atoms with Crippen LogP contribution in [0.5, 0.6) is 0 Å². The fraction of sp³-hybridized carbons (Fsp3) is 0.623. The minimum Gasteiger partial charge on any atom is -0.333 e. The standard InChI is InChI=1S/C22H25F2N2O2PS.C10H16.C8H18.3C3H8.2C2H6/c1-4-13(3)21(28)26-7-6-17-18(12-30-19(17)11-26)20(27)25-16-9-14(5-2)8-15(10-16)22(23,24)29;1-5-6-7-8-10(4)9(2)3;1-4-6-8(3)7-5-2;3*1-3-2;2*1-2/h4,8-10,12H,5-7,11,29H2,1-3H3,(H,25,27);5-8H,1-4H3;8H,4-7H2,1-3H3;3*3H2,1-2H3;2*1-2H3/b13-4+;6-5-,8-7-;;;;;;. The largest absolute Gasteiger partial charge is 0.333 e. The highest BCUT2D eigenvalue weighted by atomic mass is 32.1. The number of anilines is 1. The summed E-state index contributed by atoms with van der Waals surface area (Å²) >= 11 is 1.45. The number of allylic oxidation sites excluding steroid dienone is 7. The van der Waals surface area contributed by atoms with Crippen molar-refractivity contribution >= 4 is 38.1 Å². The zero-order chi connectivity index (χ0) is 48.6. The molecular weight excluding hydrogens is 798 g/mol. The summed E-state index contributed by atoms with van der Waals surface area (Å²) in [7, 11) is 1.54. The Kier molecular flexibility index (Phi) is 48.2. The number of nitrogens with one attached hydrogen (secondary N) is 1. The van der Waals surface area contributed by atoms with Gasteiger partial charge in [-0.1, -0.05) is 193 Å². The lowest BCUT2D eigenvalue weighted by molar-refractivity contribution is -0.127. The van der Waals surface area contributed by atoms with E-state index in [0.29, 0.717) is 42.8 Å². The first kappa shape index (κ1) is 67.2. The van der Waals surface area contributed by atoms with E-state index < -0.39 is 5.66 Å². The quantitative estimate of drug-likeness (QED) is 0.139. The average molecular weight is 893 g/mol. The Balaban J connectivity index is -0.000000276. The van der Waals surface area contributed by atoms with Gasteiger partial charge >= 0.3 is 0 Å². The van der Waals surface area contributed by atoms with E-state index >= 15 is 0 Å². The van der Waals surface area contributed by atoms with E-state index in [1.807, 2.05) is 60.6 Å². The Morgan fingerprint density at radius 2 is 1.36 bits per heavy atom. The second-order valence-electron chi connectivity index (χ2n) is 14.7. The highest BCUT2D eigenvalue weighted by Crippen LogP contribution is 2.37. The van der Waals surface area contributed by atoms with Crippen LogP contribution >= 0.6 is 20.6 Å². The number of nitrogens with zero attached hydrogens (tertiary/aromatic N) is 1. The number of benzene rings is 1. The second-order valence-corrected chi connectivity index (χ2v) is 16.4. The fourth-order valence-corrected chi connectivity index (χ4v) is 6.29. The van der Waals surface area contributed by atoms with Gasteiger partial charge < -0.3 is 10.2 Å². The normalized spacial score (nSPS) is 11.4. The summed E-state index contributed by atoms with van der Waals surface area (Å²) in [5.74, 6) is 0.651. The molecule has 1 aromatic heterocycles. The molecule has 0 bridgehead atoms. The number of rotatable bonds is 11. The van der Waals surface area contributed by atoms with E-state index in [1.54, 1.807) is 29.3 Å². The Morgan fingerprint density at radius 1 is 0.852 bits per heavy atom. The van der Waals surface area contributed by atoms with Gasteiger partial charge in [0.15, 0.2) is 0 Å². The third kappa shape index (κ3) is 33.4. The van der Waals surface area contributed by atoms with Crippen molar-refractivity contribution in [2.75, 3.05) is 11.9 Å². The number of carbonyl (C=O) groups excluding carboxylic acids is 2. The second kappa shape index (κ2) is 43.7. The molecule has 0 radical (unpaired) electrons. The van der Waals surface area contributed by atoms with Gasteiger partial charge in [-0.3, -0.25) is 9.59 Å². The Labute approximate surface area is 383 Å². The number of halogens is 2. The molecule has 1 aliphatic rings. The van der Waals surface area contributed by atoms with Crippen molar-refractivity contribution in [3.05, 3.63) is 97.8 Å². The van der Waals surface area contributed by atoms with Crippen molar-refractivity contribution in [3.8, 4) is 0 Å². The Hall–Kier alpha value is -2.89. The molecule has 3 rings (SSSR count). The fourth-order valence-electron chi connectivity index (χ4n) is 5.03. The van der Waals surface area contributed by atoms with Crippen molar-refractivity contribution in [2.45, 2.75) is 208 Å². The van der Waals surface area contributed by atoms with Gasteiger partial charge in [-0.15, -0.1) is 11.3 Å². The third-order valence-electron chi connectivity index (χ3n) is 8.29. The molecule has 1 unspecified atom stereocenters.